The monoisotopic (exact) mass is 236 g/mol. The van der Waals surface area contributed by atoms with Crippen LogP contribution in [0.4, 0.5) is 0 Å². The summed E-state index contributed by atoms with van der Waals surface area (Å²) >= 11 is 1.82. The van der Waals surface area contributed by atoms with Crippen molar-refractivity contribution in [1.29, 1.82) is 0 Å². The van der Waals surface area contributed by atoms with Gasteiger partial charge in [0.05, 0.1) is 0 Å². The first-order valence-electron chi connectivity index (χ1n) is 5.33. The lowest BCUT2D eigenvalue weighted by atomic mass is 10.1. The fourth-order valence-electron chi connectivity index (χ4n) is 1.35. The van der Waals surface area contributed by atoms with Gasteiger partial charge in [0.2, 0.25) is 0 Å². The normalized spacial score (nSPS) is 10.8. The van der Waals surface area contributed by atoms with Gasteiger partial charge in [0.1, 0.15) is 0 Å². The maximum atomic E-state index is 10.2. The smallest absolute Gasteiger partial charge is 0.327 e. The van der Waals surface area contributed by atoms with Gasteiger partial charge in [-0.1, -0.05) is 25.1 Å². The zero-order valence-corrected chi connectivity index (χ0v) is 10.2. The van der Waals surface area contributed by atoms with Gasteiger partial charge in [-0.25, -0.2) is 4.79 Å². The van der Waals surface area contributed by atoms with Crippen molar-refractivity contribution in [3.8, 4) is 0 Å². The molecule has 86 valence electrons. The average molecular weight is 236 g/mol. The molecule has 0 radical (unpaired) electrons. The molecule has 16 heavy (non-hydrogen) atoms. The molecule has 1 N–H and O–H groups in total. The Bertz CT molecular complexity index is 355. The summed E-state index contributed by atoms with van der Waals surface area (Å²) in [6.07, 6.45) is 4.55. The molecule has 0 spiro atoms. The second-order valence-electron chi connectivity index (χ2n) is 3.36. The Kier molecular flexibility index (Phi) is 5.72. The van der Waals surface area contributed by atoms with Crippen molar-refractivity contribution >= 4 is 17.7 Å². The van der Waals surface area contributed by atoms with E-state index in [0.717, 1.165) is 18.6 Å². The Morgan fingerprint density at radius 1 is 1.38 bits per heavy atom. The molecule has 0 aliphatic heterocycles. The molecular weight excluding hydrogens is 220 g/mol. The van der Waals surface area contributed by atoms with Gasteiger partial charge in [0.25, 0.3) is 0 Å². The number of carboxylic acids is 1. The van der Waals surface area contributed by atoms with E-state index in [2.05, 4.69) is 31.2 Å². The molecule has 0 saturated heterocycles. The van der Waals surface area contributed by atoms with Crippen LogP contribution < -0.4 is 0 Å². The van der Waals surface area contributed by atoms with Crippen molar-refractivity contribution in [2.75, 3.05) is 5.75 Å². The van der Waals surface area contributed by atoms with Crippen molar-refractivity contribution in [2.45, 2.75) is 24.7 Å². The summed E-state index contributed by atoms with van der Waals surface area (Å²) in [5.41, 5.74) is 1.25. The van der Waals surface area contributed by atoms with E-state index in [-0.39, 0.29) is 0 Å². The topological polar surface area (TPSA) is 37.3 Å². The molecule has 0 unspecified atom stereocenters. The highest BCUT2D eigenvalue weighted by atomic mass is 32.2. The van der Waals surface area contributed by atoms with Crippen molar-refractivity contribution in [3.63, 3.8) is 0 Å². The third-order valence-corrected chi connectivity index (χ3v) is 2.99. The fourth-order valence-corrected chi connectivity index (χ4v) is 2.02. The van der Waals surface area contributed by atoms with E-state index in [1.807, 2.05) is 11.8 Å². The number of thioether (sulfide) groups is 1. The zero-order chi connectivity index (χ0) is 11.8. The Morgan fingerprint density at radius 3 is 2.62 bits per heavy atom. The highest BCUT2D eigenvalue weighted by Gasteiger charge is 1.94. The van der Waals surface area contributed by atoms with Gasteiger partial charge in [-0.2, -0.15) is 0 Å². The molecule has 0 aliphatic rings. The van der Waals surface area contributed by atoms with Crippen LogP contribution in [0.15, 0.2) is 41.3 Å². The van der Waals surface area contributed by atoms with Gasteiger partial charge in [0, 0.05) is 11.0 Å². The van der Waals surface area contributed by atoms with E-state index in [0.29, 0.717) is 0 Å². The quantitative estimate of drug-likeness (QED) is 0.608. The van der Waals surface area contributed by atoms with Gasteiger partial charge in [-0.15, -0.1) is 11.8 Å². The molecule has 0 aliphatic carbocycles. The number of aliphatic carboxylic acids is 1. The number of aryl methyl sites for hydroxylation is 1. The highest BCUT2D eigenvalue weighted by molar-refractivity contribution is 7.99. The van der Waals surface area contributed by atoms with Crippen LogP contribution in [0.2, 0.25) is 0 Å². The Morgan fingerprint density at radius 2 is 2.06 bits per heavy atom. The largest absolute Gasteiger partial charge is 0.478 e. The van der Waals surface area contributed by atoms with Crippen LogP contribution in [0.3, 0.4) is 0 Å². The number of carboxylic acid groups (broad SMARTS) is 1. The lowest BCUT2D eigenvalue weighted by molar-refractivity contribution is -0.131. The van der Waals surface area contributed by atoms with Crippen LogP contribution >= 0.6 is 11.8 Å². The molecule has 0 fully saturated rings. The third-order valence-electron chi connectivity index (χ3n) is 2.09. The molecule has 0 atom stereocenters. The molecule has 2 nitrogen and oxygen atoms in total. The molecule has 0 heterocycles. The highest BCUT2D eigenvalue weighted by Crippen LogP contribution is 2.18. The first kappa shape index (κ1) is 12.8. The summed E-state index contributed by atoms with van der Waals surface area (Å²) in [4.78, 5) is 11.5. The van der Waals surface area contributed by atoms with Crippen molar-refractivity contribution in [1.82, 2.24) is 0 Å². The van der Waals surface area contributed by atoms with E-state index < -0.39 is 5.97 Å². The van der Waals surface area contributed by atoms with E-state index in [9.17, 15) is 4.79 Å². The zero-order valence-electron chi connectivity index (χ0n) is 9.35. The SMILES string of the molecule is CCSc1ccc(CC/C=C/C(=O)O)cc1. The summed E-state index contributed by atoms with van der Waals surface area (Å²) in [5, 5.41) is 8.42. The Balaban J connectivity index is 2.40. The molecular formula is C13H16O2S. The average Bonchev–Trinajstić information content (AvgIpc) is 2.27. The number of hydrogen-bond donors (Lipinski definition) is 1. The maximum Gasteiger partial charge on any atom is 0.327 e. The second kappa shape index (κ2) is 7.12. The number of rotatable bonds is 6. The molecule has 1 aromatic rings. The lowest BCUT2D eigenvalue weighted by Crippen LogP contribution is -1.87. The van der Waals surface area contributed by atoms with Crippen LogP contribution in [0.5, 0.6) is 0 Å². The second-order valence-corrected chi connectivity index (χ2v) is 4.69. The number of allylic oxidation sites excluding steroid dienone is 1. The van der Waals surface area contributed by atoms with Crippen LogP contribution in [0.1, 0.15) is 18.9 Å². The lowest BCUT2D eigenvalue weighted by Gasteiger charge is -2.01. The van der Waals surface area contributed by atoms with E-state index >= 15 is 0 Å². The van der Waals surface area contributed by atoms with E-state index in [1.165, 1.54) is 16.5 Å². The molecule has 0 saturated carbocycles. The first-order chi connectivity index (χ1) is 7.72. The molecule has 3 heteroatoms. The minimum Gasteiger partial charge on any atom is -0.478 e. The van der Waals surface area contributed by atoms with Crippen LogP contribution in [-0.2, 0) is 11.2 Å². The standard InChI is InChI=1S/C13H16O2S/c1-2-16-12-9-7-11(8-10-12)5-3-4-6-13(14)15/h4,6-10H,2-3,5H2,1H3,(H,14,15)/b6-4+. The summed E-state index contributed by atoms with van der Waals surface area (Å²) < 4.78 is 0. The van der Waals surface area contributed by atoms with Gasteiger partial charge < -0.3 is 5.11 Å². The summed E-state index contributed by atoms with van der Waals surface area (Å²) in [6, 6.07) is 8.44. The summed E-state index contributed by atoms with van der Waals surface area (Å²) in [5.74, 6) is 0.204. The predicted octanol–water partition coefficient (Wildman–Crippen LogP) is 3.37. The Labute approximate surface area is 100 Å². The number of benzene rings is 1. The third kappa shape index (κ3) is 5.03. The van der Waals surface area contributed by atoms with Gasteiger partial charge >= 0.3 is 5.97 Å². The molecule has 0 amide bonds. The Hall–Kier alpha value is -1.22. The molecule has 0 aromatic heterocycles. The minimum absolute atomic E-state index is 0.770. The van der Waals surface area contributed by atoms with Gasteiger partial charge in [-0.3, -0.25) is 0 Å². The van der Waals surface area contributed by atoms with Gasteiger partial charge in [-0.05, 0) is 36.3 Å². The van der Waals surface area contributed by atoms with Crippen LogP contribution in [0, 0.1) is 0 Å². The molecule has 1 aromatic carbocycles. The molecule has 1 rings (SSSR count). The fraction of sp³-hybridized carbons (Fsp3) is 0.308. The van der Waals surface area contributed by atoms with Crippen molar-refractivity contribution in [3.05, 3.63) is 42.0 Å². The van der Waals surface area contributed by atoms with E-state index in [1.54, 1.807) is 6.08 Å². The first-order valence-corrected chi connectivity index (χ1v) is 6.32. The summed E-state index contributed by atoms with van der Waals surface area (Å²) in [7, 11) is 0. The minimum atomic E-state index is -0.880. The van der Waals surface area contributed by atoms with Crippen LogP contribution in [0.25, 0.3) is 0 Å². The summed E-state index contributed by atoms with van der Waals surface area (Å²) in [6.45, 7) is 2.13. The van der Waals surface area contributed by atoms with Crippen molar-refractivity contribution < 1.29 is 9.90 Å². The maximum absolute atomic E-state index is 10.2. The van der Waals surface area contributed by atoms with Gasteiger partial charge in [0.15, 0.2) is 0 Å². The van der Waals surface area contributed by atoms with E-state index in [4.69, 9.17) is 5.11 Å². The number of hydrogen-bond acceptors (Lipinski definition) is 2. The molecule has 0 bridgehead atoms. The predicted molar refractivity (Wildman–Crippen MR) is 67.9 cm³/mol. The van der Waals surface area contributed by atoms with Crippen LogP contribution in [-0.4, -0.2) is 16.8 Å². The number of carbonyl (C=O) groups is 1. The van der Waals surface area contributed by atoms with Crippen molar-refractivity contribution in [2.24, 2.45) is 0 Å².